The lowest BCUT2D eigenvalue weighted by molar-refractivity contribution is 0.305. The summed E-state index contributed by atoms with van der Waals surface area (Å²) >= 11 is 0. The van der Waals surface area contributed by atoms with E-state index in [4.69, 9.17) is 4.52 Å². The normalized spacial score (nSPS) is 17.2. The van der Waals surface area contributed by atoms with Gasteiger partial charge in [0.05, 0.1) is 18.0 Å². The molecule has 0 saturated carbocycles. The molecule has 160 valence electrons. The number of guanidine groups is 1. The Morgan fingerprint density at radius 2 is 2.00 bits per heavy atom. The quantitative estimate of drug-likeness (QED) is 0.476. The minimum atomic E-state index is -3.11. The first-order valence-corrected chi connectivity index (χ1v) is 11.9. The van der Waals surface area contributed by atoms with Crippen LogP contribution in [0.3, 0.4) is 0 Å². The molecule has 9 heteroatoms. The molecule has 1 aliphatic rings. The molecule has 2 rings (SSSR count). The van der Waals surface area contributed by atoms with Crippen molar-refractivity contribution in [2.45, 2.75) is 71.4 Å². The fraction of sp³-hybridized carbons (Fsp3) is 0.789. The third-order valence-electron chi connectivity index (χ3n) is 5.28. The summed E-state index contributed by atoms with van der Waals surface area (Å²) < 4.78 is 31.4. The second-order valence-corrected chi connectivity index (χ2v) is 9.38. The summed E-state index contributed by atoms with van der Waals surface area (Å²) in [6.07, 6.45) is 4.28. The first-order valence-electron chi connectivity index (χ1n) is 10.3. The van der Waals surface area contributed by atoms with Crippen molar-refractivity contribution in [3.05, 3.63) is 17.5 Å². The van der Waals surface area contributed by atoms with Gasteiger partial charge < -0.3 is 15.2 Å². The highest BCUT2D eigenvalue weighted by Gasteiger charge is 2.27. The van der Waals surface area contributed by atoms with Crippen molar-refractivity contribution < 1.29 is 12.9 Å². The number of piperidine rings is 1. The Labute approximate surface area is 169 Å². The number of sulfonamides is 1. The summed E-state index contributed by atoms with van der Waals surface area (Å²) in [5.74, 6) is 2.13. The third-order valence-corrected chi connectivity index (χ3v) is 7.36. The van der Waals surface area contributed by atoms with Crippen molar-refractivity contribution >= 4 is 16.0 Å². The van der Waals surface area contributed by atoms with Crippen molar-refractivity contribution in [3.8, 4) is 0 Å². The van der Waals surface area contributed by atoms with Gasteiger partial charge in [-0.2, -0.15) is 0 Å². The topological polar surface area (TPSA) is 99.8 Å². The lowest BCUT2D eigenvalue weighted by Crippen LogP contribution is -2.49. The Bertz CT molecular complexity index is 720. The predicted molar refractivity (Wildman–Crippen MR) is 112 cm³/mol. The van der Waals surface area contributed by atoms with Gasteiger partial charge in [0.2, 0.25) is 10.0 Å². The summed E-state index contributed by atoms with van der Waals surface area (Å²) in [7, 11) is -1.38. The van der Waals surface area contributed by atoms with Crippen LogP contribution in [0, 0.1) is 0 Å². The standard InChI is InChI=1S/C19H35N5O3S/c1-5-12-28(25,26)24-10-8-16(9-11-24)22-19(20-4)21-14-17-13-18(23-27-17)15(6-2)7-3/h13,15-16H,5-12,14H2,1-4H3,(H2,20,21,22). The van der Waals surface area contributed by atoms with Crippen LogP contribution in [-0.4, -0.2) is 55.8 Å². The molecule has 0 unspecified atom stereocenters. The molecular weight excluding hydrogens is 378 g/mol. The van der Waals surface area contributed by atoms with Gasteiger partial charge in [-0.1, -0.05) is 25.9 Å². The predicted octanol–water partition coefficient (Wildman–Crippen LogP) is 2.45. The minimum Gasteiger partial charge on any atom is -0.359 e. The molecule has 1 aliphatic heterocycles. The van der Waals surface area contributed by atoms with E-state index in [0.717, 1.165) is 37.1 Å². The van der Waals surface area contributed by atoms with E-state index >= 15 is 0 Å². The van der Waals surface area contributed by atoms with Crippen LogP contribution in [0.25, 0.3) is 0 Å². The first kappa shape index (κ1) is 22.7. The summed E-state index contributed by atoms with van der Waals surface area (Å²) in [5, 5.41) is 10.8. The molecule has 1 aromatic rings. The van der Waals surface area contributed by atoms with Crippen molar-refractivity contribution in [1.29, 1.82) is 0 Å². The number of hydrogen-bond donors (Lipinski definition) is 2. The van der Waals surface area contributed by atoms with E-state index < -0.39 is 10.0 Å². The summed E-state index contributed by atoms with van der Waals surface area (Å²) in [4.78, 5) is 4.27. The maximum atomic E-state index is 12.2. The average molecular weight is 414 g/mol. The van der Waals surface area contributed by atoms with E-state index in [1.54, 1.807) is 11.4 Å². The number of rotatable bonds is 9. The van der Waals surface area contributed by atoms with Crippen LogP contribution in [0.4, 0.5) is 0 Å². The largest absolute Gasteiger partial charge is 0.359 e. The molecular formula is C19H35N5O3S. The lowest BCUT2D eigenvalue weighted by atomic mass is 9.99. The van der Waals surface area contributed by atoms with Crippen LogP contribution in [0.15, 0.2) is 15.6 Å². The zero-order valence-electron chi connectivity index (χ0n) is 17.6. The van der Waals surface area contributed by atoms with Crippen LogP contribution in [0.1, 0.15) is 70.2 Å². The van der Waals surface area contributed by atoms with Crippen molar-refractivity contribution in [3.63, 3.8) is 0 Å². The zero-order chi connectivity index (χ0) is 20.6. The maximum Gasteiger partial charge on any atom is 0.214 e. The van der Waals surface area contributed by atoms with Crippen LogP contribution in [-0.2, 0) is 16.6 Å². The molecule has 0 bridgehead atoms. The molecule has 0 aliphatic carbocycles. The van der Waals surface area contributed by atoms with Crippen LogP contribution >= 0.6 is 0 Å². The first-order chi connectivity index (χ1) is 13.4. The van der Waals surface area contributed by atoms with Gasteiger partial charge in [0.25, 0.3) is 0 Å². The average Bonchev–Trinajstić information content (AvgIpc) is 3.15. The van der Waals surface area contributed by atoms with Gasteiger partial charge in [-0.25, -0.2) is 12.7 Å². The second kappa shape index (κ2) is 10.8. The van der Waals surface area contributed by atoms with Gasteiger partial charge in [-0.3, -0.25) is 4.99 Å². The maximum absolute atomic E-state index is 12.2. The van der Waals surface area contributed by atoms with Gasteiger partial charge in [0.1, 0.15) is 0 Å². The minimum absolute atomic E-state index is 0.203. The van der Waals surface area contributed by atoms with E-state index in [2.05, 4.69) is 34.6 Å². The third kappa shape index (κ3) is 6.20. The number of aliphatic imine (C=N–C) groups is 1. The van der Waals surface area contributed by atoms with Crippen LogP contribution < -0.4 is 10.6 Å². The number of hydrogen-bond acceptors (Lipinski definition) is 5. The molecule has 0 amide bonds. The molecule has 0 aromatic carbocycles. The Hall–Kier alpha value is -1.61. The smallest absolute Gasteiger partial charge is 0.214 e. The highest BCUT2D eigenvalue weighted by atomic mass is 32.2. The van der Waals surface area contributed by atoms with Crippen LogP contribution in [0.2, 0.25) is 0 Å². The van der Waals surface area contributed by atoms with Crippen LogP contribution in [0.5, 0.6) is 0 Å². The van der Waals surface area contributed by atoms with E-state index in [9.17, 15) is 8.42 Å². The van der Waals surface area contributed by atoms with E-state index in [0.29, 0.717) is 37.9 Å². The van der Waals surface area contributed by atoms with Gasteiger partial charge >= 0.3 is 0 Å². The molecule has 1 aromatic heterocycles. The molecule has 0 radical (unpaired) electrons. The molecule has 1 fully saturated rings. The van der Waals surface area contributed by atoms with E-state index in [1.165, 1.54) is 0 Å². The molecule has 28 heavy (non-hydrogen) atoms. The number of nitrogens with zero attached hydrogens (tertiary/aromatic N) is 3. The molecule has 8 nitrogen and oxygen atoms in total. The van der Waals surface area contributed by atoms with Gasteiger partial charge in [-0.15, -0.1) is 0 Å². The molecule has 0 atom stereocenters. The molecule has 2 heterocycles. The molecule has 1 saturated heterocycles. The Morgan fingerprint density at radius 3 is 2.57 bits per heavy atom. The Morgan fingerprint density at radius 1 is 1.32 bits per heavy atom. The van der Waals surface area contributed by atoms with E-state index in [1.807, 2.05) is 13.0 Å². The SMILES string of the molecule is CCCS(=O)(=O)N1CCC(NC(=NC)NCc2cc(C(CC)CC)no2)CC1. The monoisotopic (exact) mass is 413 g/mol. The van der Waals surface area contributed by atoms with Crippen molar-refractivity contribution in [1.82, 2.24) is 20.1 Å². The molecule has 0 spiro atoms. The summed E-state index contributed by atoms with van der Waals surface area (Å²) in [6, 6.07) is 2.21. The Kier molecular flexibility index (Phi) is 8.75. The highest BCUT2D eigenvalue weighted by Crippen LogP contribution is 2.22. The lowest BCUT2D eigenvalue weighted by Gasteiger charge is -2.32. The summed E-state index contributed by atoms with van der Waals surface area (Å²) in [6.45, 7) is 7.83. The number of nitrogens with one attached hydrogen (secondary N) is 2. The fourth-order valence-corrected chi connectivity index (χ4v) is 5.08. The van der Waals surface area contributed by atoms with Gasteiger partial charge in [-0.05, 0) is 32.1 Å². The summed E-state index contributed by atoms with van der Waals surface area (Å²) in [5.41, 5.74) is 1.01. The highest BCUT2D eigenvalue weighted by molar-refractivity contribution is 7.89. The second-order valence-electron chi connectivity index (χ2n) is 7.29. The number of aromatic nitrogens is 1. The fourth-order valence-electron chi connectivity index (χ4n) is 3.54. The van der Waals surface area contributed by atoms with Gasteiger partial charge in [0, 0.05) is 38.2 Å². The van der Waals surface area contributed by atoms with Crippen molar-refractivity contribution in [2.75, 3.05) is 25.9 Å². The van der Waals surface area contributed by atoms with E-state index in [-0.39, 0.29) is 11.8 Å². The van der Waals surface area contributed by atoms with Crippen molar-refractivity contribution in [2.24, 2.45) is 4.99 Å². The zero-order valence-corrected chi connectivity index (χ0v) is 18.4. The van der Waals surface area contributed by atoms with Gasteiger partial charge in [0.15, 0.2) is 11.7 Å². The Balaban J connectivity index is 1.81. The molecule has 2 N–H and O–H groups in total.